The lowest BCUT2D eigenvalue weighted by Crippen LogP contribution is -2.10. The summed E-state index contributed by atoms with van der Waals surface area (Å²) in [5, 5.41) is 6.64. The Kier molecular flexibility index (Phi) is 5.14. The van der Waals surface area contributed by atoms with Gasteiger partial charge in [0.15, 0.2) is 0 Å². The first-order chi connectivity index (χ1) is 9.56. The van der Waals surface area contributed by atoms with Gasteiger partial charge in [0.25, 0.3) is 0 Å². The Bertz CT molecular complexity index is 592. The highest BCUT2D eigenvalue weighted by atomic mass is 35.5. The Hall–Kier alpha value is -0.955. The summed E-state index contributed by atoms with van der Waals surface area (Å²) in [7, 11) is 2.08. The number of unbranched alkanes of at least 4 members (excludes halogenated alkanes) is 3. The van der Waals surface area contributed by atoms with Crippen LogP contribution in [0.15, 0.2) is 12.3 Å². The first kappa shape index (κ1) is 15.4. The Balaban J connectivity index is 2.22. The molecule has 0 N–H and O–H groups in total. The van der Waals surface area contributed by atoms with Crippen LogP contribution in [-0.2, 0) is 0 Å². The van der Waals surface area contributed by atoms with Gasteiger partial charge in [-0.05, 0) is 31.9 Å². The molecule has 0 saturated heterocycles. The van der Waals surface area contributed by atoms with Gasteiger partial charge in [-0.1, -0.05) is 49.7 Å². The van der Waals surface area contributed by atoms with Crippen molar-refractivity contribution in [3.63, 3.8) is 0 Å². The minimum Gasteiger partial charge on any atom is -0.262 e. The van der Waals surface area contributed by atoms with Crippen LogP contribution in [0.2, 0.25) is 5.02 Å². The molecule has 0 spiro atoms. The molecule has 1 aromatic carbocycles. The molecule has 108 valence electrons. The number of hydrogen-bond donors (Lipinski definition) is 0. The second-order valence-electron chi connectivity index (χ2n) is 5.85. The fraction of sp³-hybridized carbons (Fsp3) is 0.562. The molecule has 2 aromatic rings. The van der Waals surface area contributed by atoms with Crippen LogP contribution in [-0.4, -0.2) is 17.6 Å². The van der Waals surface area contributed by atoms with Crippen molar-refractivity contribution in [2.45, 2.75) is 58.9 Å². The minimum atomic E-state index is 0.448. The lowest BCUT2D eigenvalue weighted by molar-refractivity contribution is 0.447. The van der Waals surface area contributed by atoms with Gasteiger partial charge in [-0.25, -0.2) is 0 Å². The van der Waals surface area contributed by atoms with Crippen molar-refractivity contribution in [3.8, 4) is 0 Å². The van der Waals surface area contributed by atoms with Gasteiger partial charge in [0.1, 0.15) is 7.85 Å². The smallest absolute Gasteiger partial charge is 0.142 e. The van der Waals surface area contributed by atoms with E-state index in [-0.39, 0.29) is 0 Å². The monoisotopic (exact) mass is 290 g/mol. The summed E-state index contributed by atoms with van der Waals surface area (Å²) in [5.74, 6) is 0. The molecule has 0 amide bonds. The van der Waals surface area contributed by atoms with Crippen molar-refractivity contribution in [1.29, 1.82) is 0 Å². The highest BCUT2D eigenvalue weighted by Crippen LogP contribution is 2.25. The van der Waals surface area contributed by atoms with Gasteiger partial charge in [-0.2, -0.15) is 5.10 Å². The Morgan fingerprint density at radius 3 is 2.80 bits per heavy atom. The zero-order valence-electron chi connectivity index (χ0n) is 13.0. The first-order valence-corrected chi connectivity index (χ1v) is 8.07. The molecule has 4 heteroatoms. The third-order valence-electron chi connectivity index (χ3n) is 4.16. The van der Waals surface area contributed by atoms with Crippen LogP contribution in [0.4, 0.5) is 0 Å². The van der Waals surface area contributed by atoms with E-state index in [0.717, 1.165) is 16.0 Å². The van der Waals surface area contributed by atoms with Crippen molar-refractivity contribution in [2.24, 2.45) is 0 Å². The number of nitrogens with zero attached hydrogens (tertiary/aromatic N) is 2. The second kappa shape index (κ2) is 6.67. The summed E-state index contributed by atoms with van der Waals surface area (Å²) in [4.78, 5) is 0. The van der Waals surface area contributed by atoms with E-state index < -0.39 is 0 Å². The van der Waals surface area contributed by atoms with Gasteiger partial charge in [0.2, 0.25) is 0 Å². The van der Waals surface area contributed by atoms with Gasteiger partial charge in [-0.3, -0.25) is 4.68 Å². The number of benzene rings is 1. The molecule has 1 atom stereocenters. The predicted octanol–water partition coefficient (Wildman–Crippen LogP) is 3.79. The maximum Gasteiger partial charge on any atom is 0.142 e. The van der Waals surface area contributed by atoms with E-state index in [0.29, 0.717) is 6.04 Å². The Morgan fingerprint density at radius 2 is 2.10 bits per heavy atom. The molecule has 0 bridgehead atoms. The molecule has 1 unspecified atom stereocenters. The van der Waals surface area contributed by atoms with Gasteiger partial charge < -0.3 is 0 Å². The van der Waals surface area contributed by atoms with E-state index in [4.69, 9.17) is 11.6 Å². The van der Waals surface area contributed by atoms with Crippen molar-refractivity contribution in [3.05, 3.63) is 22.8 Å². The first-order valence-electron chi connectivity index (χ1n) is 7.69. The molecule has 0 aliphatic heterocycles. The summed E-state index contributed by atoms with van der Waals surface area (Å²) in [6, 6.07) is 2.62. The molecular weight excluding hydrogens is 266 g/mol. The minimum absolute atomic E-state index is 0.448. The normalized spacial score (nSPS) is 13.0. The Labute approximate surface area is 127 Å². The van der Waals surface area contributed by atoms with E-state index in [2.05, 4.69) is 44.5 Å². The standard InChI is InChI=1S/C16H24BClN2/c1-4-5-6-7-8-12(3)20-14-9-11(2)16(18)15(17)13(14)10-19-20/h9-10,12H,4-8,17H2,1-3H3. The van der Waals surface area contributed by atoms with Gasteiger partial charge in [-0.15, -0.1) is 0 Å². The third kappa shape index (κ3) is 3.03. The van der Waals surface area contributed by atoms with Crippen LogP contribution >= 0.6 is 11.6 Å². The van der Waals surface area contributed by atoms with E-state index in [1.54, 1.807) is 0 Å². The van der Waals surface area contributed by atoms with Crippen LogP contribution in [0.1, 0.15) is 57.6 Å². The zero-order valence-corrected chi connectivity index (χ0v) is 13.8. The zero-order chi connectivity index (χ0) is 14.7. The van der Waals surface area contributed by atoms with Crippen LogP contribution in [0.3, 0.4) is 0 Å². The van der Waals surface area contributed by atoms with Crippen molar-refractivity contribution in [2.75, 3.05) is 0 Å². The Morgan fingerprint density at radius 1 is 1.35 bits per heavy atom. The molecule has 0 saturated carbocycles. The largest absolute Gasteiger partial charge is 0.262 e. The summed E-state index contributed by atoms with van der Waals surface area (Å²) < 4.78 is 2.16. The van der Waals surface area contributed by atoms with Crippen molar-refractivity contribution < 1.29 is 0 Å². The van der Waals surface area contributed by atoms with E-state index in [1.807, 2.05) is 6.20 Å². The van der Waals surface area contributed by atoms with Crippen LogP contribution < -0.4 is 5.46 Å². The molecule has 20 heavy (non-hydrogen) atoms. The summed E-state index contributed by atoms with van der Waals surface area (Å²) in [5.41, 5.74) is 3.50. The van der Waals surface area contributed by atoms with Crippen molar-refractivity contribution >= 4 is 35.8 Å². The number of fused-ring (bicyclic) bond motifs is 1. The fourth-order valence-corrected chi connectivity index (χ4v) is 2.98. The maximum atomic E-state index is 6.33. The molecule has 0 aliphatic carbocycles. The van der Waals surface area contributed by atoms with E-state index >= 15 is 0 Å². The second-order valence-corrected chi connectivity index (χ2v) is 6.23. The molecule has 1 aromatic heterocycles. The molecule has 2 rings (SSSR count). The average molecular weight is 291 g/mol. The number of hydrogen-bond acceptors (Lipinski definition) is 1. The lowest BCUT2D eigenvalue weighted by Gasteiger charge is -2.14. The molecule has 1 heterocycles. The highest BCUT2D eigenvalue weighted by molar-refractivity contribution is 6.49. The SMILES string of the molecule is Bc1c(Cl)c(C)cc2c1cnn2C(C)CCCCCC. The maximum absolute atomic E-state index is 6.33. The summed E-state index contributed by atoms with van der Waals surface area (Å²) in [6.07, 6.45) is 8.37. The van der Waals surface area contributed by atoms with Gasteiger partial charge >= 0.3 is 0 Å². The third-order valence-corrected chi connectivity index (χ3v) is 4.74. The van der Waals surface area contributed by atoms with Crippen LogP contribution in [0.5, 0.6) is 0 Å². The number of halogens is 1. The van der Waals surface area contributed by atoms with Crippen LogP contribution in [0.25, 0.3) is 10.9 Å². The molecule has 0 fully saturated rings. The van der Waals surface area contributed by atoms with Crippen LogP contribution in [0, 0.1) is 6.92 Å². The molecule has 0 aliphatic rings. The fourth-order valence-electron chi connectivity index (χ4n) is 2.83. The average Bonchev–Trinajstić information content (AvgIpc) is 2.84. The van der Waals surface area contributed by atoms with E-state index in [9.17, 15) is 0 Å². The number of aryl methyl sites for hydroxylation is 1. The van der Waals surface area contributed by atoms with Gasteiger partial charge in [0, 0.05) is 16.5 Å². The number of rotatable bonds is 6. The van der Waals surface area contributed by atoms with E-state index in [1.165, 1.54) is 43.0 Å². The highest BCUT2D eigenvalue weighted by Gasteiger charge is 2.13. The lowest BCUT2D eigenvalue weighted by atomic mass is 9.90. The topological polar surface area (TPSA) is 17.8 Å². The molecule has 2 nitrogen and oxygen atoms in total. The summed E-state index contributed by atoms with van der Waals surface area (Å²) in [6.45, 7) is 6.58. The molecule has 0 radical (unpaired) electrons. The predicted molar refractivity (Wildman–Crippen MR) is 91.1 cm³/mol. The molecular formula is C16H24BClN2. The summed E-state index contributed by atoms with van der Waals surface area (Å²) >= 11 is 6.33. The quantitative estimate of drug-likeness (QED) is 0.585. The number of aromatic nitrogens is 2. The van der Waals surface area contributed by atoms with Gasteiger partial charge in [0.05, 0.1) is 11.7 Å². The van der Waals surface area contributed by atoms with Crippen molar-refractivity contribution in [1.82, 2.24) is 9.78 Å².